The summed E-state index contributed by atoms with van der Waals surface area (Å²) >= 11 is 0. The van der Waals surface area contributed by atoms with E-state index in [9.17, 15) is 4.79 Å². The van der Waals surface area contributed by atoms with E-state index in [0.717, 1.165) is 11.1 Å². The highest BCUT2D eigenvalue weighted by atomic mass is 16.5. The first-order chi connectivity index (χ1) is 10.1. The number of nitrogen functional groups attached to an aromatic ring is 1. The maximum Gasteiger partial charge on any atom is 0.223 e. The number of anilines is 1. The van der Waals surface area contributed by atoms with Crippen LogP contribution in [0.1, 0.15) is 17.5 Å². The molecule has 110 valence electrons. The molecule has 5 heteroatoms. The van der Waals surface area contributed by atoms with Crippen LogP contribution in [-0.4, -0.2) is 17.5 Å². The molecular formula is C16H19N3O2. The summed E-state index contributed by atoms with van der Waals surface area (Å²) in [6, 6.07) is 9.02. The van der Waals surface area contributed by atoms with Crippen molar-refractivity contribution in [1.82, 2.24) is 10.3 Å². The molecular weight excluding hydrogens is 266 g/mol. The largest absolute Gasteiger partial charge is 0.493 e. The Morgan fingerprint density at radius 3 is 2.76 bits per heavy atom. The summed E-state index contributed by atoms with van der Waals surface area (Å²) in [6.45, 7) is 2.82. The molecule has 1 amide bonds. The van der Waals surface area contributed by atoms with Crippen molar-refractivity contribution in [3.05, 3.63) is 53.9 Å². The fourth-order valence-electron chi connectivity index (χ4n) is 1.79. The first kappa shape index (κ1) is 14.8. The molecule has 0 fully saturated rings. The molecule has 21 heavy (non-hydrogen) atoms. The van der Waals surface area contributed by atoms with Crippen LogP contribution in [0.25, 0.3) is 0 Å². The van der Waals surface area contributed by atoms with Crippen LogP contribution in [-0.2, 0) is 11.3 Å². The summed E-state index contributed by atoms with van der Waals surface area (Å²) in [4.78, 5) is 15.8. The van der Waals surface area contributed by atoms with Crippen molar-refractivity contribution in [2.24, 2.45) is 0 Å². The van der Waals surface area contributed by atoms with E-state index in [1.807, 2.05) is 13.0 Å². The minimum atomic E-state index is -0.0475. The average molecular weight is 285 g/mol. The Hall–Kier alpha value is -2.56. The van der Waals surface area contributed by atoms with E-state index < -0.39 is 0 Å². The minimum Gasteiger partial charge on any atom is -0.493 e. The fourth-order valence-corrected chi connectivity index (χ4v) is 1.79. The Morgan fingerprint density at radius 1 is 1.29 bits per heavy atom. The summed E-state index contributed by atoms with van der Waals surface area (Å²) < 4.78 is 5.48. The quantitative estimate of drug-likeness (QED) is 0.796. The van der Waals surface area contributed by atoms with Gasteiger partial charge in [-0.2, -0.15) is 0 Å². The molecule has 0 aliphatic heterocycles. The number of benzene rings is 1. The van der Waals surface area contributed by atoms with E-state index in [-0.39, 0.29) is 5.91 Å². The molecule has 1 heterocycles. The second kappa shape index (κ2) is 7.28. The van der Waals surface area contributed by atoms with E-state index in [1.165, 1.54) is 0 Å². The van der Waals surface area contributed by atoms with Gasteiger partial charge in [0.25, 0.3) is 0 Å². The third-order valence-electron chi connectivity index (χ3n) is 3.10. The number of amides is 1. The molecule has 0 bridgehead atoms. The zero-order valence-corrected chi connectivity index (χ0v) is 12.0. The maximum atomic E-state index is 11.7. The van der Waals surface area contributed by atoms with Gasteiger partial charge in [-0.05, 0) is 48.4 Å². The number of aryl methyl sites for hydroxylation is 1. The number of hydrogen-bond donors (Lipinski definition) is 2. The molecule has 0 spiro atoms. The van der Waals surface area contributed by atoms with Crippen molar-refractivity contribution in [3.63, 3.8) is 0 Å². The predicted octanol–water partition coefficient (Wildman–Crippen LogP) is 2.06. The van der Waals surface area contributed by atoms with Crippen molar-refractivity contribution < 1.29 is 9.53 Å². The van der Waals surface area contributed by atoms with Gasteiger partial charge in [0.05, 0.1) is 13.0 Å². The van der Waals surface area contributed by atoms with Gasteiger partial charge in [0.15, 0.2) is 0 Å². The lowest BCUT2D eigenvalue weighted by Gasteiger charge is -2.08. The Morgan fingerprint density at radius 2 is 2.05 bits per heavy atom. The highest BCUT2D eigenvalue weighted by molar-refractivity contribution is 5.76. The summed E-state index contributed by atoms with van der Waals surface area (Å²) in [6.07, 6.45) is 3.81. The van der Waals surface area contributed by atoms with E-state index in [2.05, 4.69) is 10.3 Å². The van der Waals surface area contributed by atoms with Crippen molar-refractivity contribution in [2.45, 2.75) is 19.9 Å². The van der Waals surface area contributed by atoms with Crippen molar-refractivity contribution in [1.29, 1.82) is 0 Å². The van der Waals surface area contributed by atoms with Crippen LogP contribution in [0.4, 0.5) is 5.69 Å². The summed E-state index contributed by atoms with van der Waals surface area (Å²) in [5, 5.41) is 2.86. The number of ether oxygens (including phenoxy) is 1. The highest BCUT2D eigenvalue weighted by Crippen LogP contribution is 2.13. The van der Waals surface area contributed by atoms with E-state index in [4.69, 9.17) is 10.5 Å². The second-order valence-corrected chi connectivity index (χ2v) is 4.75. The molecule has 2 aromatic rings. The van der Waals surface area contributed by atoms with Gasteiger partial charge in [-0.15, -0.1) is 0 Å². The van der Waals surface area contributed by atoms with Crippen LogP contribution in [0.5, 0.6) is 5.75 Å². The van der Waals surface area contributed by atoms with Gasteiger partial charge in [0.1, 0.15) is 5.75 Å². The average Bonchev–Trinajstić information content (AvgIpc) is 2.48. The molecule has 0 aliphatic carbocycles. The number of carbonyl (C=O) groups is 1. The Balaban J connectivity index is 1.70. The fraction of sp³-hybridized carbons (Fsp3) is 0.250. The van der Waals surface area contributed by atoms with Crippen LogP contribution >= 0.6 is 0 Å². The maximum absolute atomic E-state index is 11.7. The van der Waals surface area contributed by atoms with Gasteiger partial charge in [-0.3, -0.25) is 9.78 Å². The number of nitrogens with two attached hydrogens (primary N) is 1. The highest BCUT2D eigenvalue weighted by Gasteiger charge is 2.04. The van der Waals surface area contributed by atoms with E-state index in [0.29, 0.717) is 31.0 Å². The Labute approximate surface area is 124 Å². The number of nitrogens with zero attached hydrogens (tertiary/aromatic N) is 1. The third-order valence-corrected chi connectivity index (χ3v) is 3.10. The van der Waals surface area contributed by atoms with E-state index in [1.54, 1.807) is 36.7 Å². The number of carbonyl (C=O) groups excluding carboxylic acids is 1. The number of nitrogens with one attached hydrogen (secondary N) is 1. The first-order valence-corrected chi connectivity index (χ1v) is 6.79. The van der Waals surface area contributed by atoms with Gasteiger partial charge in [0.2, 0.25) is 5.91 Å². The lowest BCUT2D eigenvalue weighted by atomic mass is 10.1. The molecule has 5 nitrogen and oxygen atoms in total. The molecule has 1 aromatic carbocycles. The molecule has 0 unspecified atom stereocenters. The van der Waals surface area contributed by atoms with Crippen LogP contribution in [0.2, 0.25) is 0 Å². The van der Waals surface area contributed by atoms with Crippen LogP contribution in [0.3, 0.4) is 0 Å². The topological polar surface area (TPSA) is 77.2 Å². The normalized spacial score (nSPS) is 10.1. The number of aromatic nitrogens is 1. The Kier molecular flexibility index (Phi) is 5.15. The minimum absolute atomic E-state index is 0.0475. The smallest absolute Gasteiger partial charge is 0.223 e. The standard InChI is InChI=1S/C16H19N3O2/c1-12-6-8-18-10-13(12)11-19-16(20)7-9-21-15-4-2-14(17)3-5-15/h2-6,8,10H,7,9,11,17H2,1H3,(H,19,20). The van der Waals surface area contributed by atoms with E-state index >= 15 is 0 Å². The van der Waals surface area contributed by atoms with Crippen molar-refractivity contribution in [2.75, 3.05) is 12.3 Å². The summed E-state index contributed by atoms with van der Waals surface area (Å²) in [5.74, 6) is 0.661. The van der Waals surface area contributed by atoms with Crippen LogP contribution < -0.4 is 15.8 Å². The summed E-state index contributed by atoms with van der Waals surface area (Å²) in [7, 11) is 0. The molecule has 0 atom stereocenters. The number of rotatable bonds is 6. The van der Waals surface area contributed by atoms with Gasteiger partial charge in [-0.25, -0.2) is 0 Å². The molecule has 3 N–H and O–H groups in total. The monoisotopic (exact) mass is 285 g/mol. The van der Waals surface area contributed by atoms with Gasteiger partial charge in [0, 0.05) is 24.6 Å². The van der Waals surface area contributed by atoms with Crippen molar-refractivity contribution in [3.8, 4) is 5.75 Å². The van der Waals surface area contributed by atoms with Crippen molar-refractivity contribution >= 4 is 11.6 Å². The lowest BCUT2D eigenvalue weighted by molar-refractivity contribution is -0.121. The second-order valence-electron chi connectivity index (χ2n) is 4.75. The van der Waals surface area contributed by atoms with Gasteiger partial charge >= 0.3 is 0 Å². The zero-order chi connectivity index (χ0) is 15.1. The van der Waals surface area contributed by atoms with Gasteiger partial charge < -0.3 is 15.8 Å². The number of pyridine rings is 1. The first-order valence-electron chi connectivity index (χ1n) is 6.79. The molecule has 0 saturated heterocycles. The van der Waals surface area contributed by atoms with Crippen LogP contribution in [0.15, 0.2) is 42.7 Å². The van der Waals surface area contributed by atoms with Gasteiger partial charge in [-0.1, -0.05) is 0 Å². The molecule has 1 aromatic heterocycles. The lowest BCUT2D eigenvalue weighted by Crippen LogP contribution is -2.24. The molecule has 0 radical (unpaired) electrons. The SMILES string of the molecule is Cc1ccncc1CNC(=O)CCOc1ccc(N)cc1. The molecule has 0 aliphatic rings. The molecule has 2 rings (SSSR count). The Bertz CT molecular complexity index is 597. The third kappa shape index (κ3) is 4.80. The predicted molar refractivity (Wildman–Crippen MR) is 81.8 cm³/mol. The number of hydrogen-bond acceptors (Lipinski definition) is 4. The summed E-state index contributed by atoms with van der Waals surface area (Å²) in [5.41, 5.74) is 8.41. The molecule has 0 saturated carbocycles. The zero-order valence-electron chi connectivity index (χ0n) is 12.0. The van der Waals surface area contributed by atoms with Crippen LogP contribution in [0, 0.1) is 6.92 Å².